The Morgan fingerprint density at radius 3 is 2.30 bits per heavy atom. The van der Waals surface area contributed by atoms with E-state index < -0.39 is 0 Å². The van der Waals surface area contributed by atoms with Crippen LogP contribution in [0.25, 0.3) is 0 Å². The van der Waals surface area contributed by atoms with E-state index in [0.717, 1.165) is 11.1 Å². The summed E-state index contributed by atoms with van der Waals surface area (Å²) in [5.41, 5.74) is 3.72. The summed E-state index contributed by atoms with van der Waals surface area (Å²) >= 11 is 6.24. The Balaban J connectivity index is 1.89. The van der Waals surface area contributed by atoms with Crippen molar-refractivity contribution in [2.24, 2.45) is 0 Å². The Bertz CT molecular complexity index is 907. The van der Waals surface area contributed by atoms with Crippen molar-refractivity contribution in [1.82, 2.24) is 5.32 Å². The van der Waals surface area contributed by atoms with Crippen LogP contribution in [-0.4, -0.2) is 12.5 Å². The van der Waals surface area contributed by atoms with Gasteiger partial charge in [-0.05, 0) is 43.2 Å². The van der Waals surface area contributed by atoms with Crippen LogP contribution in [-0.2, 0) is 0 Å². The molecule has 0 spiro atoms. The number of carbonyl (C=O) groups excluding carboxylic acids is 1. The van der Waals surface area contributed by atoms with E-state index in [0.29, 0.717) is 22.9 Å². The first-order valence-electron chi connectivity index (χ1n) is 8.93. The molecule has 0 aromatic heterocycles. The van der Waals surface area contributed by atoms with Crippen molar-refractivity contribution in [2.75, 3.05) is 6.61 Å². The maximum Gasteiger partial charge on any atom is 0.252 e. The molecule has 0 aliphatic rings. The molecule has 27 heavy (non-hydrogen) atoms. The van der Waals surface area contributed by atoms with Crippen molar-refractivity contribution in [1.29, 1.82) is 0 Å². The summed E-state index contributed by atoms with van der Waals surface area (Å²) in [6.45, 7) is 4.46. The highest BCUT2D eigenvalue weighted by atomic mass is 35.5. The molecule has 1 amide bonds. The van der Waals surface area contributed by atoms with Gasteiger partial charge < -0.3 is 10.1 Å². The van der Waals surface area contributed by atoms with Crippen LogP contribution in [0.3, 0.4) is 0 Å². The van der Waals surface area contributed by atoms with Crippen LogP contribution < -0.4 is 10.1 Å². The van der Waals surface area contributed by atoms with Gasteiger partial charge in [0.25, 0.3) is 5.91 Å². The first-order chi connectivity index (χ1) is 13.1. The summed E-state index contributed by atoms with van der Waals surface area (Å²) in [5, 5.41) is 3.55. The normalized spacial score (nSPS) is 11.7. The molecule has 138 valence electrons. The maximum atomic E-state index is 12.9. The number of aryl methyl sites for hydroxylation is 1. The number of ether oxygens (including phenoxy) is 1. The average Bonchev–Trinajstić information content (AvgIpc) is 2.69. The number of halogens is 1. The number of benzene rings is 3. The van der Waals surface area contributed by atoms with Gasteiger partial charge in [-0.1, -0.05) is 71.8 Å². The fraction of sp³-hybridized carbons (Fsp3) is 0.174. The zero-order chi connectivity index (χ0) is 19.2. The Kier molecular flexibility index (Phi) is 6.15. The predicted octanol–water partition coefficient (Wildman–Crippen LogP) is 5.57. The minimum atomic E-state index is -0.246. The van der Waals surface area contributed by atoms with E-state index in [1.807, 2.05) is 68.4 Å². The fourth-order valence-electron chi connectivity index (χ4n) is 2.89. The van der Waals surface area contributed by atoms with E-state index in [1.54, 1.807) is 18.2 Å². The first-order valence-corrected chi connectivity index (χ1v) is 9.31. The average molecular weight is 380 g/mol. The standard InChI is InChI=1S/C23H22ClNO2/c1-3-27-21-14-13-19(15-20(21)24)23(26)25-22(17-7-5-4-6-8-17)18-11-9-16(2)10-12-18/h4-15,22H,3H2,1-2H3,(H,25,26)/t22-/m0/s1. The third kappa shape index (κ3) is 4.69. The molecule has 0 radical (unpaired) electrons. The second-order valence-electron chi connectivity index (χ2n) is 6.31. The van der Waals surface area contributed by atoms with Crippen molar-refractivity contribution in [3.63, 3.8) is 0 Å². The minimum Gasteiger partial charge on any atom is -0.492 e. The van der Waals surface area contributed by atoms with Crippen LogP contribution in [0, 0.1) is 6.92 Å². The summed E-state index contributed by atoms with van der Waals surface area (Å²) in [7, 11) is 0. The zero-order valence-corrected chi connectivity index (χ0v) is 16.2. The summed E-state index contributed by atoms with van der Waals surface area (Å²) in [6.07, 6.45) is 0. The highest BCUT2D eigenvalue weighted by molar-refractivity contribution is 6.32. The summed E-state index contributed by atoms with van der Waals surface area (Å²) in [5.74, 6) is 0.392. The highest BCUT2D eigenvalue weighted by Gasteiger charge is 2.18. The number of rotatable bonds is 6. The number of carbonyl (C=O) groups is 1. The zero-order valence-electron chi connectivity index (χ0n) is 15.4. The van der Waals surface area contributed by atoms with Gasteiger partial charge in [-0.25, -0.2) is 0 Å². The highest BCUT2D eigenvalue weighted by Crippen LogP contribution is 2.27. The summed E-state index contributed by atoms with van der Waals surface area (Å²) in [6, 6.07) is 22.9. The van der Waals surface area contributed by atoms with Crippen molar-refractivity contribution >= 4 is 17.5 Å². The van der Waals surface area contributed by atoms with Gasteiger partial charge >= 0.3 is 0 Å². The second kappa shape index (κ2) is 8.74. The van der Waals surface area contributed by atoms with Crippen LogP contribution in [0.1, 0.15) is 40.0 Å². The van der Waals surface area contributed by atoms with Crippen molar-refractivity contribution in [3.05, 3.63) is 100 Å². The number of amides is 1. The quantitative estimate of drug-likeness (QED) is 0.608. The Morgan fingerprint density at radius 2 is 1.67 bits per heavy atom. The molecule has 0 aliphatic carbocycles. The molecule has 3 aromatic carbocycles. The van der Waals surface area contributed by atoms with E-state index in [9.17, 15) is 4.79 Å². The molecular formula is C23H22ClNO2. The summed E-state index contributed by atoms with van der Waals surface area (Å²) < 4.78 is 5.44. The van der Waals surface area contributed by atoms with Crippen LogP contribution in [0.4, 0.5) is 0 Å². The lowest BCUT2D eigenvalue weighted by molar-refractivity contribution is 0.0943. The van der Waals surface area contributed by atoms with Crippen LogP contribution in [0.15, 0.2) is 72.8 Å². The van der Waals surface area contributed by atoms with Gasteiger partial charge in [0.15, 0.2) is 0 Å². The third-order valence-electron chi connectivity index (χ3n) is 4.31. The lowest BCUT2D eigenvalue weighted by Crippen LogP contribution is -2.29. The van der Waals surface area contributed by atoms with Gasteiger partial charge in [0, 0.05) is 5.56 Å². The van der Waals surface area contributed by atoms with Crippen molar-refractivity contribution in [2.45, 2.75) is 19.9 Å². The largest absolute Gasteiger partial charge is 0.492 e. The van der Waals surface area contributed by atoms with Gasteiger partial charge in [-0.2, -0.15) is 0 Å². The Morgan fingerprint density at radius 1 is 1.00 bits per heavy atom. The Labute approximate surface area is 164 Å². The Hall–Kier alpha value is -2.78. The van der Waals surface area contributed by atoms with Crippen LogP contribution in [0.2, 0.25) is 5.02 Å². The van der Waals surface area contributed by atoms with Crippen LogP contribution in [0.5, 0.6) is 5.75 Å². The molecule has 0 unspecified atom stereocenters. The van der Waals surface area contributed by atoms with Gasteiger partial charge in [0.1, 0.15) is 5.75 Å². The minimum absolute atomic E-state index is 0.186. The molecule has 0 saturated carbocycles. The number of nitrogens with one attached hydrogen (secondary N) is 1. The van der Waals surface area contributed by atoms with Crippen molar-refractivity contribution < 1.29 is 9.53 Å². The first kappa shape index (κ1) is 19.0. The lowest BCUT2D eigenvalue weighted by atomic mass is 9.97. The van der Waals surface area contributed by atoms with E-state index in [-0.39, 0.29) is 11.9 Å². The molecule has 0 bridgehead atoms. The molecular weight excluding hydrogens is 358 g/mol. The van der Waals surface area contributed by atoms with Crippen molar-refractivity contribution in [3.8, 4) is 5.75 Å². The molecule has 0 fully saturated rings. The van der Waals surface area contributed by atoms with Crippen LogP contribution >= 0.6 is 11.6 Å². The molecule has 0 saturated heterocycles. The van der Waals surface area contributed by atoms with Gasteiger partial charge in [0.05, 0.1) is 17.7 Å². The smallest absolute Gasteiger partial charge is 0.252 e. The van der Waals surface area contributed by atoms with E-state index in [1.165, 1.54) is 5.56 Å². The maximum absolute atomic E-state index is 12.9. The number of hydrogen-bond acceptors (Lipinski definition) is 2. The van der Waals surface area contributed by atoms with Gasteiger partial charge in [0.2, 0.25) is 0 Å². The molecule has 3 rings (SSSR count). The summed E-state index contributed by atoms with van der Waals surface area (Å²) in [4.78, 5) is 12.9. The number of hydrogen-bond donors (Lipinski definition) is 1. The lowest BCUT2D eigenvalue weighted by Gasteiger charge is -2.20. The molecule has 0 heterocycles. The monoisotopic (exact) mass is 379 g/mol. The molecule has 3 aromatic rings. The van der Waals surface area contributed by atoms with Gasteiger partial charge in [-0.3, -0.25) is 4.79 Å². The van der Waals surface area contributed by atoms with E-state index in [4.69, 9.17) is 16.3 Å². The molecule has 0 aliphatic heterocycles. The fourth-order valence-corrected chi connectivity index (χ4v) is 3.13. The van der Waals surface area contributed by atoms with Gasteiger partial charge in [-0.15, -0.1) is 0 Å². The molecule has 3 nitrogen and oxygen atoms in total. The topological polar surface area (TPSA) is 38.3 Å². The predicted molar refractivity (Wildman–Crippen MR) is 110 cm³/mol. The third-order valence-corrected chi connectivity index (χ3v) is 4.61. The second-order valence-corrected chi connectivity index (χ2v) is 6.71. The van der Waals surface area contributed by atoms with E-state index >= 15 is 0 Å². The SMILES string of the molecule is CCOc1ccc(C(=O)N[C@@H](c2ccccc2)c2ccc(C)cc2)cc1Cl. The van der Waals surface area contributed by atoms with E-state index in [2.05, 4.69) is 5.32 Å². The molecule has 1 N–H and O–H groups in total. The molecule has 4 heteroatoms. The molecule has 1 atom stereocenters.